The minimum Gasteiger partial charge on any atom is -0.497 e. The second kappa shape index (κ2) is 10.5. The fourth-order valence-corrected chi connectivity index (χ4v) is 3.62. The van der Waals surface area contributed by atoms with Crippen LogP contribution in [0.2, 0.25) is 0 Å². The largest absolute Gasteiger partial charge is 0.497 e. The lowest BCUT2D eigenvalue weighted by molar-refractivity contribution is 0.0952. The van der Waals surface area contributed by atoms with Gasteiger partial charge in [0.2, 0.25) is 0 Å². The first-order chi connectivity index (χ1) is 14.9. The molecule has 2 aromatic heterocycles. The zero-order valence-corrected chi connectivity index (χ0v) is 19.5. The van der Waals surface area contributed by atoms with E-state index >= 15 is 0 Å². The molecule has 2 heterocycles. The van der Waals surface area contributed by atoms with Crippen LogP contribution in [-0.4, -0.2) is 51.1 Å². The number of hydrogen-bond donors (Lipinski definition) is 2. The third kappa shape index (κ3) is 6.10. The molecule has 1 amide bonds. The molecule has 2 N–H and O–H groups in total. The predicted octanol–water partition coefficient (Wildman–Crippen LogP) is 3.83. The lowest BCUT2D eigenvalue weighted by Gasteiger charge is -2.12. The van der Waals surface area contributed by atoms with E-state index in [0.717, 1.165) is 34.3 Å². The Kier molecular flexibility index (Phi) is 7.73. The summed E-state index contributed by atoms with van der Waals surface area (Å²) in [4.78, 5) is 21.8. The molecule has 0 saturated heterocycles. The summed E-state index contributed by atoms with van der Waals surface area (Å²) >= 11 is 1.62. The van der Waals surface area contributed by atoms with Gasteiger partial charge in [0.1, 0.15) is 11.6 Å². The lowest BCUT2D eigenvalue weighted by atomic mass is 10.2. The van der Waals surface area contributed by atoms with Gasteiger partial charge in [-0.1, -0.05) is 39.5 Å². The van der Waals surface area contributed by atoms with Crippen LogP contribution in [-0.2, 0) is 6.54 Å². The van der Waals surface area contributed by atoms with Gasteiger partial charge in [0.05, 0.1) is 25.2 Å². The van der Waals surface area contributed by atoms with Crippen LogP contribution in [0.15, 0.2) is 35.6 Å². The van der Waals surface area contributed by atoms with Crippen molar-refractivity contribution in [2.45, 2.75) is 44.6 Å². The molecule has 0 fully saturated rings. The van der Waals surface area contributed by atoms with E-state index in [9.17, 15) is 4.79 Å². The number of thioether (sulfide) groups is 1. The molecule has 0 atom stereocenters. The average molecular weight is 443 g/mol. The van der Waals surface area contributed by atoms with Crippen LogP contribution < -0.4 is 15.4 Å². The molecule has 1 aromatic carbocycles. The maximum absolute atomic E-state index is 12.4. The maximum Gasteiger partial charge on any atom is 0.251 e. The van der Waals surface area contributed by atoms with E-state index in [0.29, 0.717) is 29.8 Å². The molecular weight excluding hydrogens is 412 g/mol. The van der Waals surface area contributed by atoms with Crippen molar-refractivity contribution in [3.63, 3.8) is 0 Å². The highest BCUT2D eigenvalue weighted by Crippen LogP contribution is 2.26. The predicted molar refractivity (Wildman–Crippen MR) is 125 cm³/mol. The third-order valence-electron chi connectivity index (χ3n) is 4.46. The second-order valence-corrected chi connectivity index (χ2v) is 9.43. The van der Waals surface area contributed by atoms with Gasteiger partial charge in [0, 0.05) is 23.9 Å². The van der Waals surface area contributed by atoms with Gasteiger partial charge in [-0.3, -0.25) is 4.79 Å². The Hall–Kier alpha value is -2.81. The molecule has 0 saturated carbocycles. The van der Waals surface area contributed by atoms with Gasteiger partial charge >= 0.3 is 0 Å². The Morgan fingerprint density at radius 3 is 2.55 bits per heavy atom. The molecule has 9 heteroatoms. The first kappa shape index (κ1) is 22.9. The van der Waals surface area contributed by atoms with E-state index in [2.05, 4.69) is 43.4 Å². The van der Waals surface area contributed by atoms with Crippen LogP contribution in [0.1, 0.15) is 38.1 Å². The maximum atomic E-state index is 12.4. The molecule has 0 radical (unpaired) electrons. The molecule has 0 aliphatic rings. The van der Waals surface area contributed by atoms with Gasteiger partial charge in [-0.2, -0.15) is 5.10 Å². The normalized spacial score (nSPS) is 11.3. The van der Waals surface area contributed by atoms with Gasteiger partial charge < -0.3 is 15.4 Å². The monoisotopic (exact) mass is 442 g/mol. The van der Waals surface area contributed by atoms with Crippen LogP contribution in [0.25, 0.3) is 11.0 Å². The molecule has 8 nitrogen and oxygen atoms in total. The minimum absolute atomic E-state index is 0.135. The van der Waals surface area contributed by atoms with Crippen LogP contribution in [0.3, 0.4) is 0 Å². The summed E-state index contributed by atoms with van der Waals surface area (Å²) in [5, 5.41) is 12.8. The van der Waals surface area contributed by atoms with Gasteiger partial charge in [0.15, 0.2) is 10.8 Å². The van der Waals surface area contributed by atoms with E-state index in [-0.39, 0.29) is 5.91 Å². The molecule has 0 aliphatic heterocycles. The number of nitrogens with one attached hydrogen (secondary N) is 2. The Morgan fingerprint density at radius 1 is 1.16 bits per heavy atom. The summed E-state index contributed by atoms with van der Waals surface area (Å²) in [6.07, 6.45) is 1.78. The summed E-state index contributed by atoms with van der Waals surface area (Å²) in [6, 6.07) is 7.03. The summed E-state index contributed by atoms with van der Waals surface area (Å²) in [5.41, 5.74) is 1.35. The summed E-state index contributed by atoms with van der Waals surface area (Å²) in [5.74, 6) is 1.88. The fourth-order valence-electron chi connectivity index (χ4n) is 2.92. The van der Waals surface area contributed by atoms with E-state index < -0.39 is 0 Å². The standard InChI is InChI=1S/C22H30N6O2S/c1-14(2)12-24-19-18-13-25-28(20(18)27-22(26-19)31-15(3)4)11-10-23-21(29)16-6-8-17(30-5)9-7-16/h6-9,13-15H,10-12H2,1-5H3,(H,23,29)(H,24,26,27). The Labute approximate surface area is 187 Å². The molecule has 3 aromatic rings. The van der Waals surface area contributed by atoms with E-state index in [1.54, 1.807) is 49.3 Å². The number of fused-ring (bicyclic) bond motifs is 1. The average Bonchev–Trinajstić information content (AvgIpc) is 3.14. The molecular formula is C22H30N6O2S. The van der Waals surface area contributed by atoms with E-state index in [1.165, 1.54) is 0 Å². The van der Waals surface area contributed by atoms with Crippen molar-refractivity contribution in [1.82, 2.24) is 25.1 Å². The van der Waals surface area contributed by atoms with Crippen molar-refractivity contribution < 1.29 is 9.53 Å². The van der Waals surface area contributed by atoms with Crippen LogP contribution >= 0.6 is 11.8 Å². The number of hydrogen-bond acceptors (Lipinski definition) is 7. The highest BCUT2D eigenvalue weighted by Gasteiger charge is 2.15. The van der Waals surface area contributed by atoms with Gasteiger partial charge in [-0.15, -0.1) is 0 Å². The van der Waals surface area contributed by atoms with Crippen molar-refractivity contribution in [3.8, 4) is 5.75 Å². The number of aromatic nitrogens is 4. The van der Waals surface area contributed by atoms with Crippen molar-refractivity contribution in [2.75, 3.05) is 25.5 Å². The molecule has 0 bridgehead atoms. The Bertz CT molecular complexity index is 1020. The van der Waals surface area contributed by atoms with Crippen LogP contribution in [0.5, 0.6) is 5.75 Å². The van der Waals surface area contributed by atoms with Gasteiger partial charge in [0.25, 0.3) is 5.91 Å². The summed E-state index contributed by atoms with van der Waals surface area (Å²) in [7, 11) is 1.60. The molecule has 31 heavy (non-hydrogen) atoms. The van der Waals surface area contributed by atoms with Crippen LogP contribution in [0, 0.1) is 5.92 Å². The highest BCUT2D eigenvalue weighted by atomic mass is 32.2. The number of benzene rings is 1. The zero-order chi connectivity index (χ0) is 22.4. The van der Waals surface area contributed by atoms with E-state index in [1.807, 2.05) is 4.68 Å². The number of anilines is 1. The highest BCUT2D eigenvalue weighted by molar-refractivity contribution is 7.99. The number of rotatable bonds is 10. The van der Waals surface area contributed by atoms with Gasteiger partial charge in [-0.05, 0) is 30.2 Å². The Balaban J connectivity index is 1.73. The minimum atomic E-state index is -0.135. The number of carbonyl (C=O) groups excluding carboxylic acids is 1. The fraction of sp³-hybridized carbons (Fsp3) is 0.455. The summed E-state index contributed by atoms with van der Waals surface area (Å²) < 4.78 is 6.95. The first-order valence-corrected chi connectivity index (χ1v) is 11.3. The summed E-state index contributed by atoms with van der Waals surface area (Å²) in [6.45, 7) is 10.3. The lowest BCUT2D eigenvalue weighted by Crippen LogP contribution is -2.27. The Morgan fingerprint density at radius 2 is 1.90 bits per heavy atom. The number of carbonyl (C=O) groups is 1. The number of methoxy groups -OCH3 is 1. The van der Waals surface area contributed by atoms with Crippen LogP contribution in [0.4, 0.5) is 5.82 Å². The third-order valence-corrected chi connectivity index (χ3v) is 5.32. The smallest absolute Gasteiger partial charge is 0.251 e. The zero-order valence-electron chi connectivity index (χ0n) is 18.7. The number of nitrogens with zero attached hydrogens (tertiary/aromatic N) is 4. The van der Waals surface area contributed by atoms with Crippen molar-refractivity contribution in [1.29, 1.82) is 0 Å². The van der Waals surface area contributed by atoms with Crippen molar-refractivity contribution in [2.24, 2.45) is 5.92 Å². The van der Waals surface area contributed by atoms with Crippen molar-refractivity contribution >= 4 is 34.5 Å². The molecule has 3 rings (SSSR count). The second-order valence-electron chi connectivity index (χ2n) is 7.89. The first-order valence-electron chi connectivity index (χ1n) is 10.4. The molecule has 0 spiro atoms. The molecule has 166 valence electrons. The SMILES string of the molecule is COc1ccc(C(=O)NCCn2ncc3c(NCC(C)C)nc(SC(C)C)nc32)cc1. The van der Waals surface area contributed by atoms with Crippen molar-refractivity contribution in [3.05, 3.63) is 36.0 Å². The van der Waals surface area contributed by atoms with Gasteiger partial charge in [-0.25, -0.2) is 14.6 Å². The molecule has 0 aliphatic carbocycles. The molecule has 0 unspecified atom stereocenters. The van der Waals surface area contributed by atoms with E-state index in [4.69, 9.17) is 14.7 Å². The number of ether oxygens (including phenoxy) is 1. The topological polar surface area (TPSA) is 94.0 Å². The quantitative estimate of drug-likeness (QED) is 0.364. The number of amides is 1.